The number of allylic oxidation sites excluding steroid dienone is 1. The molecule has 0 fully saturated rings. The largest absolute Gasteiger partial charge is 0.388 e. The van der Waals surface area contributed by atoms with Crippen molar-refractivity contribution in [1.82, 2.24) is 4.90 Å². The van der Waals surface area contributed by atoms with Gasteiger partial charge in [0.1, 0.15) is 0 Å². The summed E-state index contributed by atoms with van der Waals surface area (Å²) in [7, 11) is 4.12. The van der Waals surface area contributed by atoms with Crippen LogP contribution in [0, 0.1) is 5.41 Å². The van der Waals surface area contributed by atoms with Crippen LogP contribution in [0.2, 0.25) is 0 Å². The van der Waals surface area contributed by atoms with Gasteiger partial charge < -0.3 is 10.0 Å². The molecule has 0 unspecified atom stereocenters. The maximum atomic E-state index is 10.3. The zero-order valence-corrected chi connectivity index (χ0v) is 10.3. The van der Waals surface area contributed by atoms with E-state index >= 15 is 0 Å². The Kier molecular flexibility index (Phi) is 3.74. The summed E-state index contributed by atoms with van der Waals surface area (Å²) in [6.45, 7) is 7.93. The molecule has 2 nitrogen and oxygen atoms in total. The van der Waals surface area contributed by atoms with Crippen LogP contribution < -0.4 is 0 Å². The molecule has 0 aliphatic heterocycles. The molecule has 1 N–H and O–H groups in total. The number of hydrogen-bond donors (Lipinski definition) is 1. The molecule has 86 valence electrons. The molecule has 0 radical (unpaired) electrons. The Morgan fingerprint density at radius 2 is 2.20 bits per heavy atom. The molecule has 0 aromatic rings. The molecule has 0 heterocycles. The van der Waals surface area contributed by atoms with E-state index in [9.17, 15) is 5.11 Å². The normalized spacial score (nSPS) is 33.1. The zero-order chi connectivity index (χ0) is 11.6. The summed E-state index contributed by atoms with van der Waals surface area (Å²) in [5.74, 6) is 0. The summed E-state index contributed by atoms with van der Waals surface area (Å²) < 4.78 is 0. The van der Waals surface area contributed by atoms with Crippen molar-refractivity contribution < 1.29 is 5.11 Å². The molecule has 0 amide bonds. The van der Waals surface area contributed by atoms with Gasteiger partial charge in [0.2, 0.25) is 0 Å². The molecule has 0 aromatic heterocycles. The SMILES string of the molecule is C=C(C)[C@@H](O)[C@@]1(C)CCC=C[C@H]1N(C)C. The van der Waals surface area contributed by atoms with Crippen LogP contribution in [0.1, 0.15) is 26.7 Å². The van der Waals surface area contributed by atoms with Gasteiger partial charge in [-0.3, -0.25) is 0 Å². The van der Waals surface area contributed by atoms with Crippen molar-refractivity contribution in [2.45, 2.75) is 38.8 Å². The van der Waals surface area contributed by atoms with E-state index < -0.39 is 6.10 Å². The smallest absolute Gasteiger partial charge is 0.0816 e. The van der Waals surface area contributed by atoms with Crippen molar-refractivity contribution in [3.8, 4) is 0 Å². The Morgan fingerprint density at radius 3 is 2.67 bits per heavy atom. The minimum Gasteiger partial charge on any atom is -0.388 e. The maximum absolute atomic E-state index is 10.3. The number of aliphatic hydroxyl groups excluding tert-OH is 1. The van der Waals surface area contributed by atoms with Gasteiger partial charge in [-0.05, 0) is 33.9 Å². The number of aliphatic hydroxyl groups is 1. The summed E-state index contributed by atoms with van der Waals surface area (Å²) in [4.78, 5) is 2.17. The summed E-state index contributed by atoms with van der Waals surface area (Å²) in [5, 5.41) is 10.3. The van der Waals surface area contributed by atoms with Crippen LogP contribution in [0.3, 0.4) is 0 Å². The second-order valence-corrected chi connectivity index (χ2v) is 5.13. The van der Waals surface area contributed by atoms with Crippen LogP contribution in [-0.2, 0) is 0 Å². The first-order valence-electron chi connectivity index (χ1n) is 5.56. The average molecular weight is 209 g/mol. The summed E-state index contributed by atoms with van der Waals surface area (Å²) >= 11 is 0. The lowest BCUT2D eigenvalue weighted by atomic mass is 9.69. The quantitative estimate of drug-likeness (QED) is 0.720. The van der Waals surface area contributed by atoms with E-state index in [0.717, 1.165) is 18.4 Å². The van der Waals surface area contributed by atoms with Gasteiger partial charge in [0, 0.05) is 11.5 Å². The Balaban J connectivity index is 2.98. The van der Waals surface area contributed by atoms with Crippen molar-refractivity contribution in [3.05, 3.63) is 24.3 Å². The van der Waals surface area contributed by atoms with Gasteiger partial charge in [-0.25, -0.2) is 0 Å². The minimum atomic E-state index is -0.421. The molecule has 1 aliphatic carbocycles. The zero-order valence-electron chi connectivity index (χ0n) is 10.3. The lowest BCUT2D eigenvalue weighted by Crippen LogP contribution is -2.50. The monoisotopic (exact) mass is 209 g/mol. The lowest BCUT2D eigenvalue weighted by Gasteiger charge is -2.45. The van der Waals surface area contributed by atoms with Gasteiger partial charge in [-0.15, -0.1) is 0 Å². The predicted octanol–water partition coefficient (Wildman–Crippen LogP) is 2.21. The number of nitrogens with zero attached hydrogens (tertiary/aromatic N) is 1. The van der Waals surface area contributed by atoms with E-state index in [-0.39, 0.29) is 11.5 Å². The highest BCUT2D eigenvalue weighted by Crippen LogP contribution is 2.40. The first-order chi connectivity index (χ1) is 6.89. The predicted molar refractivity (Wildman–Crippen MR) is 64.8 cm³/mol. The van der Waals surface area contributed by atoms with Gasteiger partial charge in [-0.1, -0.05) is 31.2 Å². The molecular formula is C13H23NO. The van der Waals surface area contributed by atoms with Crippen LogP contribution in [0.15, 0.2) is 24.3 Å². The highest BCUT2D eigenvalue weighted by Gasteiger charge is 2.41. The number of hydrogen-bond acceptors (Lipinski definition) is 2. The van der Waals surface area contributed by atoms with E-state index in [1.165, 1.54) is 0 Å². The Bertz CT molecular complexity index is 270. The molecule has 0 bridgehead atoms. The van der Waals surface area contributed by atoms with E-state index in [2.05, 4.69) is 44.6 Å². The molecule has 2 heteroatoms. The van der Waals surface area contributed by atoms with Gasteiger partial charge in [-0.2, -0.15) is 0 Å². The van der Waals surface area contributed by atoms with E-state index in [1.54, 1.807) is 0 Å². The Labute approximate surface area is 93.3 Å². The van der Waals surface area contributed by atoms with Crippen molar-refractivity contribution in [2.24, 2.45) is 5.41 Å². The lowest BCUT2D eigenvalue weighted by molar-refractivity contribution is 0.00784. The Hall–Kier alpha value is -0.600. The first kappa shape index (κ1) is 12.5. The standard InChI is InChI=1S/C13H23NO/c1-10(2)12(15)13(3)9-7-6-8-11(13)14(4)5/h6,8,11-12,15H,1,7,9H2,2-5H3/t11-,12-,13+/m1/s1. The molecule has 3 atom stereocenters. The first-order valence-corrected chi connectivity index (χ1v) is 5.56. The summed E-state index contributed by atoms with van der Waals surface area (Å²) in [5.41, 5.74) is 0.754. The number of rotatable bonds is 3. The van der Waals surface area contributed by atoms with Crippen molar-refractivity contribution in [1.29, 1.82) is 0 Å². The fourth-order valence-electron chi connectivity index (χ4n) is 2.61. The summed E-state index contributed by atoms with van der Waals surface area (Å²) in [6, 6.07) is 0.290. The van der Waals surface area contributed by atoms with Crippen LogP contribution in [0.4, 0.5) is 0 Å². The fraction of sp³-hybridized carbons (Fsp3) is 0.692. The van der Waals surface area contributed by atoms with Gasteiger partial charge in [0.25, 0.3) is 0 Å². The van der Waals surface area contributed by atoms with Crippen molar-refractivity contribution >= 4 is 0 Å². The third-order valence-corrected chi connectivity index (χ3v) is 3.49. The molecule has 0 spiro atoms. The van der Waals surface area contributed by atoms with Crippen LogP contribution in [-0.4, -0.2) is 36.2 Å². The van der Waals surface area contributed by atoms with Crippen molar-refractivity contribution in [3.63, 3.8) is 0 Å². The summed E-state index contributed by atoms with van der Waals surface area (Å²) in [6.07, 6.45) is 6.05. The second-order valence-electron chi connectivity index (χ2n) is 5.13. The van der Waals surface area contributed by atoms with Crippen LogP contribution in [0.5, 0.6) is 0 Å². The van der Waals surface area contributed by atoms with E-state index in [0.29, 0.717) is 0 Å². The fourth-order valence-corrected chi connectivity index (χ4v) is 2.61. The van der Waals surface area contributed by atoms with Gasteiger partial charge in [0.05, 0.1) is 6.10 Å². The Morgan fingerprint density at radius 1 is 1.60 bits per heavy atom. The highest BCUT2D eigenvalue weighted by molar-refractivity contribution is 5.16. The van der Waals surface area contributed by atoms with Gasteiger partial charge in [0.15, 0.2) is 0 Å². The van der Waals surface area contributed by atoms with E-state index in [1.807, 2.05) is 6.92 Å². The molecule has 1 aliphatic rings. The molecule has 0 saturated heterocycles. The van der Waals surface area contributed by atoms with Gasteiger partial charge >= 0.3 is 0 Å². The maximum Gasteiger partial charge on any atom is 0.0816 e. The second kappa shape index (κ2) is 4.50. The third kappa shape index (κ3) is 2.32. The molecule has 0 saturated carbocycles. The third-order valence-electron chi connectivity index (χ3n) is 3.49. The highest BCUT2D eigenvalue weighted by atomic mass is 16.3. The van der Waals surface area contributed by atoms with Crippen molar-refractivity contribution in [2.75, 3.05) is 14.1 Å². The molecule has 1 rings (SSSR count). The minimum absolute atomic E-state index is 0.107. The van der Waals surface area contributed by atoms with E-state index in [4.69, 9.17) is 0 Å². The van der Waals surface area contributed by atoms with Crippen LogP contribution in [0.25, 0.3) is 0 Å². The molecular weight excluding hydrogens is 186 g/mol. The molecule has 15 heavy (non-hydrogen) atoms. The molecule has 0 aromatic carbocycles. The topological polar surface area (TPSA) is 23.5 Å². The average Bonchev–Trinajstić information content (AvgIpc) is 2.16. The number of likely N-dealkylation sites (N-methyl/N-ethyl adjacent to an activating group) is 1. The van der Waals surface area contributed by atoms with Crippen LogP contribution >= 0.6 is 0 Å².